The van der Waals surface area contributed by atoms with E-state index in [2.05, 4.69) is 15.1 Å². The van der Waals surface area contributed by atoms with E-state index in [0.717, 1.165) is 19.4 Å². The molecule has 0 atom stereocenters. The van der Waals surface area contributed by atoms with Crippen molar-refractivity contribution < 1.29 is 8.42 Å². The molecular weight excluding hydrogens is 290 g/mol. The van der Waals surface area contributed by atoms with Crippen LogP contribution in [0.15, 0.2) is 47.9 Å². The first-order chi connectivity index (χ1) is 10.1. The molecular formula is C13H19N5O2S. The molecule has 4 N–H and O–H groups in total. The van der Waals surface area contributed by atoms with Gasteiger partial charge in [-0.05, 0) is 37.1 Å². The molecule has 7 nitrogen and oxygen atoms in total. The molecule has 0 aliphatic carbocycles. The van der Waals surface area contributed by atoms with Gasteiger partial charge in [0.1, 0.15) is 0 Å². The number of hydrazine groups is 1. The Morgan fingerprint density at radius 1 is 1.19 bits per heavy atom. The molecule has 0 radical (unpaired) electrons. The van der Waals surface area contributed by atoms with Crippen LogP contribution in [0.3, 0.4) is 0 Å². The number of unbranched alkanes of at least 4 members (excludes halogenated alkanes) is 1. The molecule has 0 saturated carbocycles. The molecule has 0 amide bonds. The van der Waals surface area contributed by atoms with E-state index < -0.39 is 10.0 Å². The van der Waals surface area contributed by atoms with Gasteiger partial charge in [0.25, 0.3) is 0 Å². The molecule has 0 aliphatic rings. The molecule has 0 unspecified atom stereocenters. The van der Waals surface area contributed by atoms with Crippen molar-refractivity contribution in [1.29, 1.82) is 0 Å². The van der Waals surface area contributed by atoms with Crippen molar-refractivity contribution in [3.05, 3.63) is 43.0 Å². The fourth-order valence-corrected chi connectivity index (χ4v) is 2.93. The van der Waals surface area contributed by atoms with Crippen LogP contribution in [0, 0.1) is 0 Å². The first-order valence-corrected chi connectivity index (χ1v) is 8.12. The van der Waals surface area contributed by atoms with E-state index in [9.17, 15) is 8.42 Å². The lowest BCUT2D eigenvalue weighted by atomic mass is 10.3. The van der Waals surface area contributed by atoms with E-state index >= 15 is 0 Å². The average molecular weight is 309 g/mol. The molecule has 114 valence electrons. The van der Waals surface area contributed by atoms with Crippen LogP contribution in [0.4, 0.5) is 5.69 Å². The number of nitrogens with two attached hydrogens (primary N) is 1. The third-order valence-electron chi connectivity index (χ3n) is 3.03. The topological polar surface area (TPSA) is 102 Å². The van der Waals surface area contributed by atoms with Crippen molar-refractivity contribution in [1.82, 2.24) is 14.3 Å². The summed E-state index contributed by atoms with van der Waals surface area (Å²) in [7, 11) is -3.46. The number of nitrogens with one attached hydrogen (secondary N) is 2. The maximum absolute atomic E-state index is 12.0. The van der Waals surface area contributed by atoms with E-state index in [1.807, 2.05) is 10.8 Å². The van der Waals surface area contributed by atoms with E-state index in [1.165, 1.54) is 12.1 Å². The number of nitrogens with zero attached hydrogens (tertiary/aromatic N) is 2. The van der Waals surface area contributed by atoms with Crippen molar-refractivity contribution in [2.24, 2.45) is 5.84 Å². The zero-order valence-electron chi connectivity index (χ0n) is 11.6. The van der Waals surface area contributed by atoms with Gasteiger partial charge in [-0.2, -0.15) is 0 Å². The molecule has 0 fully saturated rings. The number of rotatable bonds is 8. The lowest BCUT2D eigenvalue weighted by molar-refractivity contribution is 0.566. The number of anilines is 1. The normalized spacial score (nSPS) is 11.5. The third kappa shape index (κ3) is 4.55. The van der Waals surface area contributed by atoms with Gasteiger partial charge in [0.15, 0.2) is 0 Å². The Morgan fingerprint density at radius 2 is 1.95 bits per heavy atom. The molecule has 21 heavy (non-hydrogen) atoms. The fraction of sp³-hybridized carbons (Fsp3) is 0.308. The van der Waals surface area contributed by atoms with Gasteiger partial charge < -0.3 is 9.99 Å². The standard InChI is InChI=1S/C13H19N5O2S/c14-17-12-3-5-13(6-4-12)21(19,20)16-7-1-2-9-18-10-8-15-11-18/h3-6,8,10-11,16-17H,1-2,7,9,14H2. The smallest absolute Gasteiger partial charge is 0.240 e. The van der Waals surface area contributed by atoms with Crippen molar-refractivity contribution in [2.45, 2.75) is 24.3 Å². The van der Waals surface area contributed by atoms with Crippen LogP contribution in [0.25, 0.3) is 0 Å². The Bertz CT molecular complexity index is 638. The van der Waals surface area contributed by atoms with Gasteiger partial charge in [0, 0.05) is 31.2 Å². The summed E-state index contributed by atoms with van der Waals surface area (Å²) < 4.78 is 28.6. The summed E-state index contributed by atoms with van der Waals surface area (Å²) in [5, 5.41) is 0. The summed E-state index contributed by atoms with van der Waals surface area (Å²) in [4.78, 5) is 4.18. The molecule has 1 aromatic heterocycles. The predicted molar refractivity (Wildman–Crippen MR) is 80.9 cm³/mol. The van der Waals surface area contributed by atoms with Gasteiger partial charge in [0.05, 0.1) is 11.2 Å². The number of hydrogen-bond donors (Lipinski definition) is 3. The van der Waals surface area contributed by atoms with Crippen LogP contribution in [0.2, 0.25) is 0 Å². The first kappa shape index (κ1) is 15.5. The van der Waals surface area contributed by atoms with Gasteiger partial charge in [-0.25, -0.2) is 18.1 Å². The van der Waals surface area contributed by atoms with Gasteiger partial charge in [0.2, 0.25) is 10.0 Å². The number of sulfonamides is 1. The van der Waals surface area contributed by atoms with Crippen LogP contribution >= 0.6 is 0 Å². The van der Waals surface area contributed by atoms with Gasteiger partial charge in [-0.3, -0.25) is 5.84 Å². The third-order valence-corrected chi connectivity index (χ3v) is 4.50. The minimum absolute atomic E-state index is 0.233. The maximum atomic E-state index is 12.0. The van der Waals surface area contributed by atoms with E-state index in [-0.39, 0.29) is 4.90 Å². The van der Waals surface area contributed by atoms with Crippen molar-refractivity contribution in [3.63, 3.8) is 0 Å². The minimum atomic E-state index is -3.46. The largest absolute Gasteiger partial charge is 0.337 e. The van der Waals surface area contributed by atoms with E-state index in [0.29, 0.717) is 12.2 Å². The highest BCUT2D eigenvalue weighted by molar-refractivity contribution is 7.89. The number of aromatic nitrogens is 2. The van der Waals surface area contributed by atoms with Crippen molar-refractivity contribution in [2.75, 3.05) is 12.0 Å². The fourth-order valence-electron chi connectivity index (χ4n) is 1.86. The van der Waals surface area contributed by atoms with Crippen molar-refractivity contribution in [3.8, 4) is 0 Å². The number of aryl methyl sites for hydroxylation is 1. The number of benzene rings is 1. The summed E-state index contributed by atoms with van der Waals surface area (Å²) in [6, 6.07) is 6.27. The Hall–Kier alpha value is -1.90. The lowest BCUT2D eigenvalue weighted by Gasteiger charge is -2.08. The highest BCUT2D eigenvalue weighted by atomic mass is 32.2. The average Bonchev–Trinajstić information content (AvgIpc) is 3.00. The number of hydrogen-bond acceptors (Lipinski definition) is 5. The van der Waals surface area contributed by atoms with E-state index in [4.69, 9.17) is 5.84 Å². The van der Waals surface area contributed by atoms with Crippen LogP contribution in [0.1, 0.15) is 12.8 Å². The summed E-state index contributed by atoms with van der Waals surface area (Å²) >= 11 is 0. The highest BCUT2D eigenvalue weighted by Crippen LogP contribution is 2.12. The SMILES string of the molecule is NNc1ccc(S(=O)(=O)NCCCCn2ccnc2)cc1. The van der Waals surface area contributed by atoms with Gasteiger partial charge >= 0.3 is 0 Å². The molecule has 0 saturated heterocycles. The van der Waals surface area contributed by atoms with Crippen LogP contribution < -0.4 is 16.0 Å². The van der Waals surface area contributed by atoms with Crippen molar-refractivity contribution >= 4 is 15.7 Å². The van der Waals surface area contributed by atoms with Crippen LogP contribution in [-0.4, -0.2) is 24.5 Å². The Kier molecular flexibility index (Phi) is 5.32. The predicted octanol–water partition coefficient (Wildman–Crippen LogP) is 0.927. The molecule has 1 aromatic carbocycles. The summed E-state index contributed by atoms with van der Waals surface area (Å²) in [6.07, 6.45) is 7.01. The maximum Gasteiger partial charge on any atom is 0.240 e. The molecule has 0 bridgehead atoms. The zero-order chi connectivity index (χ0) is 15.1. The van der Waals surface area contributed by atoms with Crippen LogP contribution in [0.5, 0.6) is 0 Å². The summed E-state index contributed by atoms with van der Waals surface area (Å²) in [5.74, 6) is 5.24. The molecule has 1 heterocycles. The number of imidazole rings is 1. The Balaban J connectivity index is 1.78. The first-order valence-electron chi connectivity index (χ1n) is 6.64. The Morgan fingerprint density at radius 3 is 2.57 bits per heavy atom. The molecule has 2 rings (SSSR count). The quantitative estimate of drug-likeness (QED) is 0.382. The monoisotopic (exact) mass is 309 g/mol. The highest BCUT2D eigenvalue weighted by Gasteiger charge is 2.12. The lowest BCUT2D eigenvalue weighted by Crippen LogP contribution is -2.25. The Labute approximate surface area is 124 Å². The summed E-state index contributed by atoms with van der Waals surface area (Å²) in [6.45, 7) is 1.24. The number of nitrogen functional groups attached to an aromatic ring is 1. The van der Waals surface area contributed by atoms with E-state index in [1.54, 1.807) is 24.7 Å². The van der Waals surface area contributed by atoms with Gasteiger partial charge in [-0.15, -0.1) is 0 Å². The second kappa shape index (κ2) is 7.21. The summed E-state index contributed by atoms with van der Waals surface area (Å²) in [5.41, 5.74) is 3.12. The molecule has 0 aliphatic heterocycles. The molecule has 8 heteroatoms. The second-order valence-electron chi connectivity index (χ2n) is 4.57. The second-order valence-corrected chi connectivity index (χ2v) is 6.34. The molecule has 0 spiro atoms. The zero-order valence-corrected chi connectivity index (χ0v) is 12.4. The minimum Gasteiger partial charge on any atom is -0.337 e. The van der Waals surface area contributed by atoms with Gasteiger partial charge in [-0.1, -0.05) is 0 Å². The molecule has 2 aromatic rings. The van der Waals surface area contributed by atoms with Crippen LogP contribution in [-0.2, 0) is 16.6 Å².